The number of thiazole rings is 1. The second-order valence-electron chi connectivity index (χ2n) is 5.98. The molecule has 0 fully saturated rings. The second kappa shape index (κ2) is 10.9. The van der Waals surface area contributed by atoms with E-state index in [-0.39, 0.29) is 24.2 Å². The van der Waals surface area contributed by atoms with E-state index >= 15 is 0 Å². The van der Waals surface area contributed by atoms with Gasteiger partial charge in [0.15, 0.2) is 0 Å². The van der Waals surface area contributed by atoms with Gasteiger partial charge in [0.1, 0.15) is 0 Å². The number of aryl methyl sites for hydroxylation is 1. The lowest BCUT2D eigenvalue weighted by Crippen LogP contribution is -2.37. The summed E-state index contributed by atoms with van der Waals surface area (Å²) in [6, 6.07) is 4.80. The molecule has 6 nitrogen and oxygen atoms in total. The number of benzene rings is 1. The van der Waals surface area contributed by atoms with E-state index in [0.717, 1.165) is 24.1 Å². The third-order valence-electron chi connectivity index (χ3n) is 3.71. The van der Waals surface area contributed by atoms with Crippen LogP contribution >= 0.6 is 23.7 Å². The summed E-state index contributed by atoms with van der Waals surface area (Å²) >= 11 is 1.47. The number of amides is 2. The highest BCUT2D eigenvalue weighted by Gasteiger charge is 2.17. The van der Waals surface area contributed by atoms with Crippen LogP contribution in [0.25, 0.3) is 0 Å². The number of hydrogen-bond donors (Lipinski definition) is 3. The van der Waals surface area contributed by atoms with Gasteiger partial charge in [0.05, 0.1) is 28.6 Å². The number of nitrogens with one attached hydrogen (secondary N) is 2. The van der Waals surface area contributed by atoms with E-state index in [4.69, 9.17) is 5.73 Å². The minimum atomic E-state index is -0.703. The summed E-state index contributed by atoms with van der Waals surface area (Å²) in [4.78, 5) is 28.5. The SMILES string of the molecule is CCCCC(=O)Nc1ccc(C)cc1NC(=O)[C@@H](N)Cc1cscn1.Cl. The van der Waals surface area contributed by atoms with Gasteiger partial charge >= 0.3 is 0 Å². The van der Waals surface area contributed by atoms with Crippen molar-refractivity contribution in [1.29, 1.82) is 0 Å². The molecule has 0 bridgehead atoms. The summed E-state index contributed by atoms with van der Waals surface area (Å²) in [5.41, 5.74) is 10.6. The number of hydrogen-bond acceptors (Lipinski definition) is 5. The van der Waals surface area contributed by atoms with Gasteiger partial charge in [-0.05, 0) is 31.0 Å². The highest BCUT2D eigenvalue weighted by molar-refractivity contribution is 7.07. The molecule has 8 heteroatoms. The van der Waals surface area contributed by atoms with Crippen LogP contribution in [-0.4, -0.2) is 22.8 Å². The average Bonchev–Trinajstić information content (AvgIpc) is 3.08. The monoisotopic (exact) mass is 396 g/mol. The number of anilines is 2. The number of unbranched alkanes of at least 4 members (excludes halogenated alkanes) is 1. The molecule has 0 aliphatic rings. The molecule has 26 heavy (non-hydrogen) atoms. The van der Waals surface area contributed by atoms with E-state index in [1.807, 2.05) is 31.4 Å². The van der Waals surface area contributed by atoms with Crippen LogP contribution in [0.5, 0.6) is 0 Å². The van der Waals surface area contributed by atoms with Gasteiger partial charge in [0, 0.05) is 18.2 Å². The van der Waals surface area contributed by atoms with E-state index < -0.39 is 6.04 Å². The Morgan fingerprint density at radius 3 is 2.69 bits per heavy atom. The largest absolute Gasteiger partial charge is 0.324 e. The number of nitrogens with two attached hydrogens (primary N) is 1. The minimum Gasteiger partial charge on any atom is -0.324 e. The first-order valence-corrected chi connectivity index (χ1v) is 9.28. The zero-order chi connectivity index (χ0) is 18.2. The van der Waals surface area contributed by atoms with Crippen LogP contribution in [-0.2, 0) is 16.0 Å². The van der Waals surface area contributed by atoms with E-state index in [9.17, 15) is 9.59 Å². The fraction of sp³-hybridized carbons (Fsp3) is 0.389. The lowest BCUT2D eigenvalue weighted by molar-refractivity contribution is -0.117. The molecule has 4 N–H and O–H groups in total. The molecule has 0 saturated carbocycles. The van der Waals surface area contributed by atoms with Crippen molar-refractivity contribution in [2.24, 2.45) is 5.73 Å². The van der Waals surface area contributed by atoms with Crippen LogP contribution in [0.3, 0.4) is 0 Å². The standard InChI is InChI=1S/C18H24N4O2S.ClH/c1-3-4-5-17(23)21-15-7-6-12(2)8-16(15)22-18(24)14(19)9-13-10-25-11-20-13;/h6-8,10-11,14H,3-5,9,19H2,1-2H3,(H,21,23)(H,22,24);1H/t14-;/m0./s1. The maximum Gasteiger partial charge on any atom is 0.241 e. The first kappa shape index (κ1) is 22.1. The fourth-order valence-electron chi connectivity index (χ4n) is 2.30. The van der Waals surface area contributed by atoms with E-state index in [2.05, 4.69) is 15.6 Å². The highest BCUT2D eigenvalue weighted by Crippen LogP contribution is 2.24. The molecule has 142 valence electrons. The number of aromatic nitrogens is 1. The average molecular weight is 397 g/mol. The Labute approximate surface area is 164 Å². The topological polar surface area (TPSA) is 97.1 Å². The van der Waals surface area contributed by atoms with Crippen molar-refractivity contribution in [1.82, 2.24) is 4.98 Å². The van der Waals surface area contributed by atoms with Gasteiger partial charge < -0.3 is 16.4 Å². The van der Waals surface area contributed by atoms with Crippen molar-refractivity contribution in [3.05, 3.63) is 40.3 Å². The molecule has 2 amide bonds. The number of nitrogens with zero attached hydrogens (tertiary/aromatic N) is 1. The Kier molecular flexibility index (Phi) is 9.26. The maximum absolute atomic E-state index is 12.4. The predicted molar refractivity (Wildman–Crippen MR) is 109 cm³/mol. The molecule has 2 aromatic rings. The molecule has 0 aliphatic heterocycles. The summed E-state index contributed by atoms with van der Waals surface area (Å²) in [7, 11) is 0. The third-order valence-corrected chi connectivity index (χ3v) is 4.35. The number of carbonyl (C=O) groups excluding carboxylic acids is 2. The van der Waals surface area contributed by atoms with Crippen molar-refractivity contribution >= 4 is 46.9 Å². The van der Waals surface area contributed by atoms with Gasteiger partial charge in [0.25, 0.3) is 0 Å². The molecule has 1 atom stereocenters. The zero-order valence-electron chi connectivity index (χ0n) is 15.0. The van der Waals surface area contributed by atoms with Crippen LogP contribution in [0.15, 0.2) is 29.1 Å². The Bertz CT molecular complexity index is 722. The van der Waals surface area contributed by atoms with Gasteiger partial charge in [-0.25, -0.2) is 4.98 Å². The van der Waals surface area contributed by atoms with E-state index in [1.165, 1.54) is 11.3 Å². The smallest absolute Gasteiger partial charge is 0.241 e. The summed E-state index contributed by atoms with van der Waals surface area (Å²) in [6.07, 6.45) is 2.62. The van der Waals surface area contributed by atoms with Crippen LogP contribution in [0.4, 0.5) is 11.4 Å². The van der Waals surface area contributed by atoms with Crippen LogP contribution in [0, 0.1) is 6.92 Å². The van der Waals surface area contributed by atoms with Gasteiger partial charge in [-0.1, -0.05) is 19.4 Å². The Morgan fingerprint density at radius 2 is 2.04 bits per heavy atom. The van der Waals surface area contributed by atoms with Crippen LogP contribution in [0.1, 0.15) is 37.4 Å². The summed E-state index contributed by atoms with van der Waals surface area (Å²) in [5, 5.41) is 7.55. The molecule has 0 radical (unpaired) electrons. The van der Waals surface area contributed by atoms with Crippen molar-refractivity contribution in [2.45, 2.75) is 45.6 Å². The lowest BCUT2D eigenvalue weighted by atomic mass is 10.1. The molecule has 0 aliphatic carbocycles. The minimum absolute atomic E-state index is 0. The van der Waals surface area contributed by atoms with Gasteiger partial charge in [0.2, 0.25) is 11.8 Å². The van der Waals surface area contributed by atoms with Crippen LogP contribution < -0.4 is 16.4 Å². The molecule has 2 rings (SSSR count). The summed E-state index contributed by atoms with van der Waals surface area (Å²) in [6.45, 7) is 3.96. The van der Waals surface area contributed by atoms with Gasteiger partial charge in [-0.2, -0.15) is 0 Å². The Morgan fingerprint density at radius 1 is 1.27 bits per heavy atom. The predicted octanol–water partition coefficient (Wildman–Crippen LogP) is 3.51. The zero-order valence-corrected chi connectivity index (χ0v) is 16.6. The molecule has 0 saturated heterocycles. The second-order valence-corrected chi connectivity index (χ2v) is 6.70. The number of rotatable bonds is 8. The van der Waals surface area contributed by atoms with Gasteiger partial charge in [-0.15, -0.1) is 23.7 Å². The molecular formula is C18H25ClN4O2S. The summed E-state index contributed by atoms with van der Waals surface area (Å²) < 4.78 is 0. The maximum atomic E-state index is 12.4. The highest BCUT2D eigenvalue weighted by atomic mass is 35.5. The first-order chi connectivity index (χ1) is 12.0. The lowest BCUT2D eigenvalue weighted by Gasteiger charge is -2.16. The Balaban J connectivity index is 0.00000338. The van der Waals surface area contributed by atoms with Gasteiger partial charge in [-0.3, -0.25) is 9.59 Å². The van der Waals surface area contributed by atoms with Crippen molar-refractivity contribution in [3.8, 4) is 0 Å². The Hall–Kier alpha value is -1.96. The van der Waals surface area contributed by atoms with Crippen LogP contribution in [0.2, 0.25) is 0 Å². The molecule has 1 heterocycles. The van der Waals surface area contributed by atoms with Crippen molar-refractivity contribution in [2.75, 3.05) is 10.6 Å². The molecule has 0 spiro atoms. The third kappa shape index (κ3) is 6.74. The number of halogens is 1. The number of carbonyl (C=O) groups is 2. The van der Waals surface area contributed by atoms with E-state index in [1.54, 1.807) is 11.6 Å². The quantitative estimate of drug-likeness (QED) is 0.636. The fourth-order valence-corrected chi connectivity index (χ4v) is 2.87. The molecule has 1 aromatic heterocycles. The molecular weight excluding hydrogens is 372 g/mol. The first-order valence-electron chi connectivity index (χ1n) is 8.33. The normalized spacial score (nSPS) is 11.3. The van der Waals surface area contributed by atoms with Crippen molar-refractivity contribution < 1.29 is 9.59 Å². The molecule has 0 unspecified atom stereocenters. The molecule has 1 aromatic carbocycles. The van der Waals surface area contributed by atoms with E-state index in [0.29, 0.717) is 24.2 Å². The van der Waals surface area contributed by atoms with Crippen molar-refractivity contribution in [3.63, 3.8) is 0 Å². The summed E-state index contributed by atoms with van der Waals surface area (Å²) in [5.74, 6) is -0.365.